The highest BCUT2D eigenvalue weighted by Crippen LogP contribution is 2.33. The molecule has 1 unspecified atom stereocenters. The summed E-state index contributed by atoms with van der Waals surface area (Å²) in [6.07, 6.45) is -2.10. The number of rotatable bonds is 6. The number of nitrogens with zero attached hydrogens (tertiary/aromatic N) is 2. The number of amides is 2. The molecule has 2 rings (SSSR count). The third kappa shape index (κ3) is 4.59. The van der Waals surface area contributed by atoms with Gasteiger partial charge in [-0.15, -0.1) is 0 Å². The number of hydrogen-bond donors (Lipinski definition) is 1. The molecule has 0 bridgehead atoms. The number of likely N-dealkylation sites (N-methyl/N-ethyl adjacent to an activating group) is 1. The first-order valence-electron chi connectivity index (χ1n) is 7.61. The molecule has 1 saturated heterocycles. The predicted octanol–water partition coefficient (Wildman–Crippen LogP) is 0.998. The number of nitrogens with one attached hydrogen (secondary N) is 1. The molecule has 0 aromatic carbocycles. The zero-order valence-electron chi connectivity index (χ0n) is 12.7. The van der Waals surface area contributed by atoms with Crippen LogP contribution in [0, 0.1) is 5.92 Å². The molecule has 2 fully saturated rings. The average molecular weight is 321 g/mol. The van der Waals surface area contributed by atoms with Gasteiger partial charge in [-0.05, 0) is 32.7 Å². The summed E-state index contributed by atoms with van der Waals surface area (Å²) >= 11 is 0. The van der Waals surface area contributed by atoms with Crippen molar-refractivity contribution in [2.45, 2.75) is 37.9 Å². The molecular formula is C14H22F3N3O2. The third-order valence-corrected chi connectivity index (χ3v) is 4.22. The molecule has 1 N–H and O–H groups in total. The molecule has 1 aliphatic carbocycles. The first kappa shape index (κ1) is 17.1. The molecule has 8 heteroatoms. The number of alkyl halides is 3. The van der Waals surface area contributed by atoms with Crippen LogP contribution in [0.25, 0.3) is 0 Å². The van der Waals surface area contributed by atoms with Crippen LogP contribution in [-0.4, -0.2) is 67.1 Å². The van der Waals surface area contributed by atoms with E-state index in [1.165, 1.54) is 12.8 Å². The fourth-order valence-corrected chi connectivity index (χ4v) is 2.70. The fraction of sp³-hybridized carbons (Fsp3) is 0.857. The van der Waals surface area contributed by atoms with E-state index in [1.807, 2.05) is 7.05 Å². The maximum atomic E-state index is 12.7. The summed E-state index contributed by atoms with van der Waals surface area (Å²) < 4.78 is 38.2. The van der Waals surface area contributed by atoms with E-state index in [-0.39, 0.29) is 25.9 Å². The summed E-state index contributed by atoms with van der Waals surface area (Å²) in [4.78, 5) is 26.7. The molecule has 2 amide bonds. The van der Waals surface area contributed by atoms with E-state index in [1.54, 1.807) is 0 Å². The molecule has 5 nitrogen and oxygen atoms in total. The van der Waals surface area contributed by atoms with E-state index in [2.05, 4.69) is 10.2 Å². The Morgan fingerprint density at radius 3 is 2.64 bits per heavy atom. The molecule has 0 aromatic heterocycles. The molecule has 2 aliphatic rings. The number of carbonyl (C=O) groups is 2. The van der Waals surface area contributed by atoms with Crippen LogP contribution in [0.3, 0.4) is 0 Å². The summed E-state index contributed by atoms with van der Waals surface area (Å²) in [5, 5.41) is 2.66. The smallest absolute Gasteiger partial charge is 0.353 e. The molecule has 1 heterocycles. The number of piperidine rings is 1. The highest BCUT2D eigenvalue weighted by atomic mass is 19.4. The van der Waals surface area contributed by atoms with Gasteiger partial charge in [-0.3, -0.25) is 9.59 Å². The number of halogens is 3. The Hall–Kier alpha value is -1.31. The van der Waals surface area contributed by atoms with Crippen molar-refractivity contribution in [2.24, 2.45) is 5.92 Å². The fourth-order valence-electron chi connectivity index (χ4n) is 2.70. The van der Waals surface area contributed by atoms with Gasteiger partial charge in [0.15, 0.2) is 0 Å². The van der Waals surface area contributed by atoms with Gasteiger partial charge in [0, 0.05) is 25.7 Å². The Balaban J connectivity index is 1.74. The van der Waals surface area contributed by atoms with Crippen LogP contribution in [0.15, 0.2) is 0 Å². The van der Waals surface area contributed by atoms with Gasteiger partial charge >= 0.3 is 6.18 Å². The van der Waals surface area contributed by atoms with Gasteiger partial charge in [-0.25, -0.2) is 0 Å². The van der Waals surface area contributed by atoms with Gasteiger partial charge in [0.25, 0.3) is 0 Å². The molecule has 22 heavy (non-hydrogen) atoms. The Morgan fingerprint density at radius 1 is 1.36 bits per heavy atom. The first-order chi connectivity index (χ1) is 10.3. The number of carbonyl (C=O) groups excluding carboxylic acids is 2. The zero-order valence-corrected chi connectivity index (χ0v) is 12.7. The van der Waals surface area contributed by atoms with Crippen LogP contribution in [-0.2, 0) is 9.59 Å². The van der Waals surface area contributed by atoms with Crippen molar-refractivity contribution in [1.82, 2.24) is 15.1 Å². The second-order valence-corrected chi connectivity index (χ2v) is 6.06. The lowest BCUT2D eigenvalue weighted by molar-refractivity contribution is -0.195. The van der Waals surface area contributed by atoms with E-state index < -0.39 is 23.9 Å². The zero-order chi connectivity index (χ0) is 16.3. The lowest BCUT2D eigenvalue weighted by atomic mass is 9.96. The molecule has 0 aromatic rings. The molecule has 0 radical (unpaired) electrons. The normalized spacial score (nSPS) is 23.0. The summed E-state index contributed by atoms with van der Waals surface area (Å²) in [7, 11) is 1.98. The van der Waals surface area contributed by atoms with Crippen molar-refractivity contribution in [2.75, 3.05) is 33.2 Å². The van der Waals surface area contributed by atoms with Crippen LogP contribution < -0.4 is 5.32 Å². The standard InChI is InChI=1S/C14H22F3N3O2/c1-19(10-4-5-10)8-6-18-12(21)9-20-7-2-3-11(13(20)22)14(15,16)17/h10-11H,2-9H2,1H3,(H,18,21). The largest absolute Gasteiger partial charge is 0.400 e. The highest BCUT2D eigenvalue weighted by Gasteiger charge is 2.48. The van der Waals surface area contributed by atoms with Crippen molar-refractivity contribution < 1.29 is 22.8 Å². The number of hydrogen-bond acceptors (Lipinski definition) is 3. The van der Waals surface area contributed by atoms with Crippen molar-refractivity contribution in [3.8, 4) is 0 Å². The Morgan fingerprint density at radius 2 is 2.05 bits per heavy atom. The van der Waals surface area contributed by atoms with Gasteiger partial charge in [0.05, 0.1) is 6.54 Å². The molecule has 1 atom stereocenters. The highest BCUT2D eigenvalue weighted by molar-refractivity contribution is 5.86. The SMILES string of the molecule is CN(CCNC(=O)CN1CCCC(C(F)(F)F)C1=O)C1CC1. The summed E-state index contributed by atoms with van der Waals surface area (Å²) in [5.41, 5.74) is 0. The van der Waals surface area contributed by atoms with Crippen molar-refractivity contribution >= 4 is 11.8 Å². The lowest BCUT2D eigenvalue weighted by Crippen LogP contribution is -2.50. The number of likely N-dealkylation sites (tertiary alicyclic amines) is 1. The molecule has 126 valence electrons. The minimum Gasteiger partial charge on any atom is -0.353 e. The Labute approximate surface area is 127 Å². The van der Waals surface area contributed by atoms with E-state index in [0.29, 0.717) is 19.1 Å². The topological polar surface area (TPSA) is 52.7 Å². The van der Waals surface area contributed by atoms with E-state index in [9.17, 15) is 22.8 Å². The van der Waals surface area contributed by atoms with E-state index >= 15 is 0 Å². The van der Waals surface area contributed by atoms with Crippen LogP contribution in [0.1, 0.15) is 25.7 Å². The maximum Gasteiger partial charge on any atom is 0.400 e. The second kappa shape index (κ2) is 6.85. The summed E-state index contributed by atoms with van der Waals surface area (Å²) in [6, 6.07) is 0.591. The quantitative estimate of drug-likeness (QED) is 0.794. The van der Waals surface area contributed by atoms with Gasteiger partial charge in [0.1, 0.15) is 5.92 Å². The third-order valence-electron chi connectivity index (χ3n) is 4.22. The van der Waals surface area contributed by atoms with Gasteiger partial charge in [0.2, 0.25) is 11.8 Å². The Bertz CT molecular complexity index is 424. The van der Waals surface area contributed by atoms with Gasteiger partial charge in [-0.2, -0.15) is 13.2 Å². The summed E-state index contributed by atoms with van der Waals surface area (Å²) in [6.45, 7) is 1.06. The lowest BCUT2D eigenvalue weighted by Gasteiger charge is -2.32. The van der Waals surface area contributed by atoms with E-state index in [0.717, 1.165) is 4.90 Å². The molecule has 0 spiro atoms. The molecule has 1 aliphatic heterocycles. The second-order valence-electron chi connectivity index (χ2n) is 6.06. The van der Waals surface area contributed by atoms with Crippen molar-refractivity contribution in [3.63, 3.8) is 0 Å². The van der Waals surface area contributed by atoms with Crippen molar-refractivity contribution in [1.29, 1.82) is 0 Å². The van der Waals surface area contributed by atoms with Crippen LogP contribution in [0.4, 0.5) is 13.2 Å². The average Bonchev–Trinajstić information content (AvgIpc) is 3.24. The van der Waals surface area contributed by atoms with Crippen LogP contribution >= 0.6 is 0 Å². The van der Waals surface area contributed by atoms with Crippen molar-refractivity contribution in [3.05, 3.63) is 0 Å². The van der Waals surface area contributed by atoms with Crippen LogP contribution in [0.2, 0.25) is 0 Å². The maximum absolute atomic E-state index is 12.7. The van der Waals surface area contributed by atoms with Crippen LogP contribution in [0.5, 0.6) is 0 Å². The monoisotopic (exact) mass is 321 g/mol. The minimum absolute atomic E-state index is 0.188. The Kier molecular flexibility index (Phi) is 5.31. The van der Waals surface area contributed by atoms with E-state index in [4.69, 9.17) is 0 Å². The molecular weight excluding hydrogens is 299 g/mol. The predicted molar refractivity (Wildman–Crippen MR) is 74.0 cm³/mol. The van der Waals surface area contributed by atoms with Gasteiger partial charge in [-0.1, -0.05) is 0 Å². The summed E-state index contributed by atoms with van der Waals surface area (Å²) in [5.74, 6) is -3.35. The minimum atomic E-state index is -4.53. The molecule has 1 saturated carbocycles. The first-order valence-corrected chi connectivity index (χ1v) is 7.61. The van der Waals surface area contributed by atoms with Gasteiger partial charge < -0.3 is 15.1 Å².